The number of hydrogen-bond acceptors (Lipinski definition) is 9. The van der Waals surface area contributed by atoms with Gasteiger partial charge in [-0.2, -0.15) is 9.35 Å². The van der Waals surface area contributed by atoms with E-state index >= 15 is 0 Å². The summed E-state index contributed by atoms with van der Waals surface area (Å²) in [7, 11) is -0.201. The van der Waals surface area contributed by atoms with Crippen LogP contribution in [0.5, 0.6) is 0 Å². The standard InChI is InChI=1S/C27H31N9O2S/c1-5-13-35-26(37)22-15-28-27(31-25(22)36(35)24-8-6-7-23(30-24)32-39(3,4)38)29-18-9-11-19(12-10-18)34-16-20-14-21(17-34)33(20)2/h5-12,15,20-21H,1,13-14,16-17H2,2-4H3,(H,28,29,31)/t20-,21+. The van der Waals surface area contributed by atoms with E-state index in [0.29, 0.717) is 40.7 Å². The molecule has 39 heavy (non-hydrogen) atoms. The van der Waals surface area contributed by atoms with E-state index < -0.39 is 9.73 Å². The molecular weight excluding hydrogens is 514 g/mol. The summed E-state index contributed by atoms with van der Waals surface area (Å²) in [6.45, 7) is 6.13. The van der Waals surface area contributed by atoms with Crippen LogP contribution >= 0.6 is 0 Å². The van der Waals surface area contributed by atoms with Gasteiger partial charge in [-0.15, -0.1) is 6.58 Å². The number of likely N-dealkylation sites (N-methyl/N-ethyl adjacent to an activating group) is 1. The molecule has 3 aromatic heterocycles. The number of fused-ring (bicyclic) bond motifs is 3. The van der Waals surface area contributed by atoms with Crippen LogP contribution in [0.4, 0.5) is 23.1 Å². The predicted octanol–water partition coefficient (Wildman–Crippen LogP) is 3.16. The summed E-state index contributed by atoms with van der Waals surface area (Å²) in [6.07, 6.45) is 7.54. The number of nitrogens with one attached hydrogen (secondary N) is 1. The molecule has 3 aliphatic rings. The monoisotopic (exact) mass is 545 g/mol. The van der Waals surface area contributed by atoms with Gasteiger partial charge >= 0.3 is 0 Å². The number of benzene rings is 1. The van der Waals surface area contributed by atoms with Crippen molar-refractivity contribution in [2.75, 3.05) is 42.9 Å². The van der Waals surface area contributed by atoms with Gasteiger partial charge < -0.3 is 10.2 Å². The molecular formula is C27H31N9O2S. The van der Waals surface area contributed by atoms with Gasteiger partial charge in [0.1, 0.15) is 5.39 Å². The third-order valence-electron chi connectivity index (χ3n) is 7.27. The molecule has 3 fully saturated rings. The smallest absolute Gasteiger partial charge is 0.278 e. The van der Waals surface area contributed by atoms with Gasteiger partial charge in [-0.05, 0) is 49.9 Å². The SMILES string of the molecule is C=CCn1c(=O)c2cnc(Nc3ccc(N4C[C@H]5C[C@@H](C4)N5C)cc3)nc2n1-c1cccc(N=S(C)(C)=O)n1. The number of hydrogen-bond donors (Lipinski definition) is 1. The molecule has 0 amide bonds. The normalized spacial score (nSPS) is 19.1. The summed E-state index contributed by atoms with van der Waals surface area (Å²) in [5, 5.41) is 3.61. The van der Waals surface area contributed by atoms with E-state index in [1.54, 1.807) is 41.5 Å². The second kappa shape index (κ2) is 9.62. The van der Waals surface area contributed by atoms with E-state index in [1.165, 1.54) is 23.0 Å². The van der Waals surface area contributed by atoms with Gasteiger partial charge in [-0.3, -0.25) is 9.69 Å². The lowest BCUT2D eigenvalue weighted by molar-refractivity contribution is 0.0264. The fourth-order valence-corrected chi connectivity index (χ4v) is 5.86. The fraction of sp³-hybridized carbons (Fsp3) is 0.333. The quantitative estimate of drug-likeness (QED) is 0.353. The lowest BCUT2D eigenvalue weighted by Crippen LogP contribution is -2.67. The van der Waals surface area contributed by atoms with Crippen molar-refractivity contribution in [2.45, 2.75) is 25.0 Å². The molecule has 4 aromatic rings. The van der Waals surface area contributed by atoms with Gasteiger partial charge in [-0.25, -0.2) is 23.5 Å². The highest BCUT2D eigenvalue weighted by Crippen LogP contribution is 2.33. The fourth-order valence-electron chi connectivity index (χ4n) is 5.31. The highest BCUT2D eigenvalue weighted by Gasteiger charge is 2.42. The van der Waals surface area contributed by atoms with Crippen LogP contribution in [-0.2, 0) is 16.3 Å². The number of allylic oxidation sites excluding steroid dienone is 1. The molecule has 11 nitrogen and oxygen atoms in total. The van der Waals surface area contributed by atoms with E-state index in [2.05, 4.69) is 55.2 Å². The Kier molecular flexibility index (Phi) is 6.23. The maximum Gasteiger partial charge on any atom is 0.278 e. The summed E-state index contributed by atoms with van der Waals surface area (Å²) >= 11 is 0. The largest absolute Gasteiger partial charge is 0.368 e. The summed E-state index contributed by atoms with van der Waals surface area (Å²) < 4.78 is 19.6. The van der Waals surface area contributed by atoms with Crippen molar-refractivity contribution in [3.8, 4) is 5.82 Å². The Hall–Kier alpha value is -4.03. The number of nitrogens with zero attached hydrogens (tertiary/aromatic N) is 8. The number of piperazine rings is 1. The van der Waals surface area contributed by atoms with Gasteiger partial charge in [0.2, 0.25) is 5.95 Å². The van der Waals surface area contributed by atoms with Crippen molar-refractivity contribution in [3.05, 3.63) is 71.7 Å². The van der Waals surface area contributed by atoms with Crippen LogP contribution in [0, 0.1) is 0 Å². The summed E-state index contributed by atoms with van der Waals surface area (Å²) in [4.78, 5) is 31.8. The Morgan fingerprint density at radius 1 is 1.13 bits per heavy atom. The molecule has 3 saturated heterocycles. The van der Waals surface area contributed by atoms with Crippen molar-refractivity contribution in [1.29, 1.82) is 0 Å². The lowest BCUT2D eigenvalue weighted by atomic mass is 9.88. The van der Waals surface area contributed by atoms with Gasteiger partial charge in [0.15, 0.2) is 17.3 Å². The maximum atomic E-state index is 13.2. The molecule has 0 aliphatic carbocycles. The topological polar surface area (TPSA) is 114 Å². The second-order valence-electron chi connectivity index (χ2n) is 10.3. The average molecular weight is 546 g/mol. The lowest BCUT2D eigenvalue weighted by Gasteiger charge is -2.55. The number of rotatable bonds is 7. The zero-order valence-electron chi connectivity index (χ0n) is 22.2. The maximum absolute atomic E-state index is 13.2. The van der Waals surface area contributed by atoms with Gasteiger partial charge in [0.05, 0.1) is 6.54 Å². The van der Waals surface area contributed by atoms with Crippen LogP contribution in [0.1, 0.15) is 6.42 Å². The second-order valence-corrected chi connectivity index (χ2v) is 12.9. The van der Waals surface area contributed by atoms with Crippen LogP contribution in [0.3, 0.4) is 0 Å². The molecule has 7 rings (SSSR count). The Labute approximate surface area is 227 Å². The first-order valence-electron chi connectivity index (χ1n) is 12.8. The number of aromatic nitrogens is 5. The van der Waals surface area contributed by atoms with E-state index in [0.717, 1.165) is 18.8 Å². The Morgan fingerprint density at radius 2 is 1.87 bits per heavy atom. The number of pyridine rings is 1. The Bertz CT molecular complexity index is 1730. The van der Waals surface area contributed by atoms with Crippen LogP contribution in [0.2, 0.25) is 0 Å². The first-order chi connectivity index (χ1) is 18.7. The number of piperidine rings is 1. The van der Waals surface area contributed by atoms with E-state index in [4.69, 9.17) is 4.98 Å². The molecule has 202 valence electrons. The molecule has 2 bridgehead atoms. The Balaban J connectivity index is 1.33. The van der Waals surface area contributed by atoms with Crippen molar-refractivity contribution >= 4 is 43.9 Å². The van der Waals surface area contributed by atoms with Crippen LogP contribution in [0.15, 0.2) is 70.5 Å². The number of anilines is 3. The van der Waals surface area contributed by atoms with E-state index in [9.17, 15) is 9.00 Å². The van der Waals surface area contributed by atoms with Crippen molar-refractivity contribution in [2.24, 2.45) is 4.36 Å². The highest BCUT2D eigenvalue weighted by atomic mass is 32.2. The van der Waals surface area contributed by atoms with Crippen LogP contribution < -0.4 is 15.8 Å². The molecule has 2 atom stereocenters. The van der Waals surface area contributed by atoms with Gasteiger partial charge in [-0.1, -0.05) is 12.1 Å². The van der Waals surface area contributed by atoms with Crippen LogP contribution in [0.25, 0.3) is 16.9 Å². The first-order valence-corrected chi connectivity index (χ1v) is 15.1. The van der Waals surface area contributed by atoms with Crippen molar-refractivity contribution in [1.82, 2.24) is 29.2 Å². The molecule has 0 spiro atoms. The van der Waals surface area contributed by atoms with E-state index in [-0.39, 0.29) is 12.1 Å². The summed E-state index contributed by atoms with van der Waals surface area (Å²) in [5.74, 6) is 1.09. The minimum Gasteiger partial charge on any atom is -0.368 e. The average Bonchev–Trinajstić information content (AvgIpc) is 3.19. The molecule has 1 aromatic carbocycles. The van der Waals surface area contributed by atoms with Crippen molar-refractivity contribution < 1.29 is 4.21 Å². The summed E-state index contributed by atoms with van der Waals surface area (Å²) in [6, 6.07) is 14.7. The first kappa shape index (κ1) is 25.3. The molecule has 12 heteroatoms. The molecule has 0 unspecified atom stereocenters. The highest BCUT2D eigenvalue weighted by molar-refractivity contribution is 7.92. The third-order valence-corrected chi connectivity index (χ3v) is 7.90. The summed E-state index contributed by atoms with van der Waals surface area (Å²) in [5.41, 5.74) is 2.18. The van der Waals surface area contributed by atoms with Crippen LogP contribution in [-0.4, -0.2) is 78.2 Å². The van der Waals surface area contributed by atoms with Gasteiger partial charge in [0.25, 0.3) is 5.56 Å². The molecule has 0 radical (unpaired) electrons. The molecule has 6 heterocycles. The minimum absolute atomic E-state index is 0.245. The third kappa shape index (κ3) is 4.81. The predicted molar refractivity (Wildman–Crippen MR) is 155 cm³/mol. The van der Waals surface area contributed by atoms with Gasteiger partial charge in [0, 0.05) is 65.0 Å². The molecule has 1 N–H and O–H groups in total. The minimum atomic E-state index is -2.41. The molecule has 3 aliphatic heterocycles. The zero-order chi connectivity index (χ0) is 27.3. The Morgan fingerprint density at radius 3 is 2.54 bits per heavy atom. The zero-order valence-corrected chi connectivity index (χ0v) is 23.0. The van der Waals surface area contributed by atoms with Crippen molar-refractivity contribution in [3.63, 3.8) is 0 Å². The van der Waals surface area contributed by atoms with E-state index in [1.807, 2.05) is 12.1 Å². The molecule has 0 saturated carbocycles.